The molecule has 3 fully saturated rings. The molecule has 238 valence electrons. The molecule has 0 radical (unpaired) electrons. The first-order valence-corrected chi connectivity index (χ1v) is 17.8. The monoisotopic (exact) mass is 620 g/mol. The molecular formula is C36H48N2O5S. The fourth-order valence-electron chi connectivity index (χ4n) is 7.99. The highest BCUT2D eigenvalue weighted by atomic mass is 32.2. The van der Waals surface area contributed by atoms with E-state index < -0.39 is 27.6 Å². The van der Waals surface area contributed by atoms with Crippen LogP contribution in [-0.2, 0) is 24.3 Å². The molecule has 1 amide bonds. The topological polar surface area (TPSA) is 93.1 Å². The van der Waals surface area contributed by atoms with Gasteiger partial charge in [-0.25, -0.2) is 12.7 Å². The standard InChI is InChI=1S/C36H48N2O5S/c1-34(2,3)43-31(39)21-15-7-6-14-20-29(37-32(26-16-10-8-11-17-26)27-18-12-9-13-19-27)33(40)38-30-24-28-22-23-36(30,35(28,4)5)25-44(38,41)42/h8-13,16-19,28-30H,6-7,14-15,20-25H2,1-5H3/t28-,29+,30-,36-/m1/s1. The van der Waals surface area contributed by atoms with E-state index in [9.17, 15) is 18.0 Å². The Labute approximate surface area is 263 Å². The van der Waals surface area contributed by atoms with Gasteiger partial charge in [-0.3, -0.25) is 14.6 Å². The zero-order chi connectivity index (χ0) is 31.8. The Morgan fingerprint density at radius 2 is 1.55 bits per heavy atom. The summed E-state index contributed by atoms with van der Waals surface area (Å²) >= 11 is 0. The summed E-state index contributed by atoms with van der Waals surface area (Å²) in [6.45, 7) is 9.99. The minimum Gasteiger partial charge on any atom is -0.460 e. The average molecular weight is 621 g/mol. The van der Waals surface area contributed by atoms with Crippen molar-refractivity contribution >= 4 is 27.6 Å². The van der Waals surface area contributed by atoms with Crippen LogP contribution in [0, 0.1) is 16.7 Å². The molecule has 0 N–H and O–H groups in total. The van der Waals surface area contributed by atoms with Crippen LogP contribution in [0.1, 0.15) is 104 Å². The largest absolute Gasteiger partial charge is 0.460 e. The first-order chi connectivity index (χ1) is 20.8. The molecular weight excluding hydrogens is 572 g/mol. The minimum absolute atomic E-state index is 0.0469. The third-order valence-corrected chi connectivity index (χ3v) is 12.2. The van der Waals surface area contributed by atoms with Crippen molar-refractivity contribution in [3.05, 3.63) is 71.8 Å². The number of ether oxygens (including phenoxy) is 1. The molecule has 2 aromatic rings. The molecule has 8 heteroatoms. The van der Waals surface area contributed by atoms with Crippen molar-refractivity contribution in [3.63, 3.8) is 0 Å². The molecule has 1 saturated heterocycles. The van der Waals surface area contributed by atoms with Crippen LogP contribution >= 0.6 is 0 Å². The predicted octanol–water partition coefficient (Wildman–Crippen LogP) is 6.94. The maximum Gasteiger partial charge on any atom is 0.306 e. The number of hydrogen-bond donors (Lipinski definition) is 0. The number of carbonyl (C=O) groups excluding carboxylic acids is 2. The molecule has 0 unspecified atom stereocenters. The number of aliphatic imine (C=N–C) groups is 1. The second-order valence-corrected chi connectivity index (χ2v) is 16.4. The van der Waals surface area contributed by atoms with E-state index in [1.54, 1.807) is 0 Å². The van der Waals surface area contributed by atoms with Crippen LogP contribution in [-0.4, -0.2) is 53.7 Å². The molecule has 4 atom stereocenters. The summed E-state index contributed by atoms with van der Waals surface area (Å²) in [6, 6.07) is 18.5. The molecule has 0 aromatic heterocycles. The summed E-state index contributed by atoms with van der Waals surface area (Å²) in [6.07, 6.45) is 6.44. The van der Waals surface area contributed by atoms with Crippen molar-refractivity contribution in [1.82, 2.24) is 4.31 Å². The molecule has 1 heterocycles. The lowest BCUT2D eigenvalue weighted by Gasteiger charge is -2.37. The van der Waals surface area contributed by atoms with Crippen molar-refractivity contribution in [1.29, 1.82) is 0 Å². The zero-order valence-electron chi connectivity index (χ0n) is 26.9. The summed E-state index contributed by atoms with van der Waals surface area (Å²) in [7, 11) is -3.77. The second-order valence-electron chi connectivity index (χ2n) is 14.5. The maximum atomic E-state index is 14.5. The zero-order valence-corrected chi connectivity index (χ0v) is 27.7. The van der Waals surface area contributed by atoms with Crippen LogP contribution in [0.15, 0.2) is 65.7 Å². The number of rotatable bonds is 11. The Morgan fingerprint density at radius 3 is 2.11 bits per heavy atom. The fraction of sp³-hybridized carbons (Fsp3) is 0.583. The van der Waals surface area contributed by atoms with Gasteiger partial charge in [0.25, 0.3) is 5.91 Å². The Bertz CT molecular complexity index is 1440. The molecule has 1 spiro atoms. The third-order valence-electron chi connectivity index (χ3n) is 10.3. The van der Waals surface area contributed by atoms with E-state index in [1.807, 2.05) is 81.4 Å². The van der Waals surface area contributed by atoms with Gasteiger partial charge < -0.3 is 4.74 Å². The third kappa shape index (κ3) is 6.37. The van der Waals surface area contributed by atoms with Crippen LogP contribution < -0.4 is 0 Å². The maximum absolute atomic E-state index is 14.5. The number of unbranched alkanes of at least 4 members (excludes halogenated alkanes) is 3. The van der Waals surface area contributed by atoms with Crippen molar-refractivity contribution in [2.45, 2.75) is 110 Å². The lowest BCUT2D eigenvalue weighted by molar-refractivity contribution is -0.154. The summed E-state index contributed by atoms with van der Waals surface area (Å²) in [4.78, 5) is 31.7. The van der Waals surface area contributed by atoms with Gasteiger partial charge in [-0.15, -0.1) is 0 Å². The fourth-order valence-corrected chi connectivity index (χ4v) is 10.6. The van der Waals surface area contributed by atoms with Gasteiger partial charge >= 0.3 is 5.97 Å². The van der Waals surface area contributed by atoms with E-state index in [-0.39, 0.29) is 28.6 Å². The van der Waals surface area contributed by atoms with E-state index in [0.717, 1.165) is 43.2 Å². The van der Waals surface area contributed by atoms with Crippen molar-refractivity contribution < 1.29 is 22.7 Å². The Balaban J connectivity index is 1.40. The molecule has 2 bridgehead atoms. The molecule has 2 aliphatic carbocycles. The SMILES string of the molecule is CC(C)(C)OC(=O)CCCCCC[C@H](N=C(c1ccccc1)c1ccccc1)C(=O)N1[C@@H]2C[C@H]3CC[C@]2(CS1(=O)=O)C3(C)C. The van der Waals surface area contributed by atoms with Gasteiger partial charge in [-0.2, -0.15) is 0 Å². The lowest BCUT2D eigenvalue weighted by atomic mass is 9.69. The van der Waals surface area contributed by atoms with Gasteiger partial charge in [0.2, 0.25) is 10.0 Å². The van der Waals surface area contributed by atoms with Gasteiger partial charge in [-0.05, 0) is 64.2 Å². The highest BCUT2D eigenvalue weighted by molar-refractivity contribution is 7.90. The molecule has 44 heavy (non-hydrogen) atoms. The smallest absolute Gasteiger partial charge is 0.306 e. The van der Waals surface area contributed by atoms with E-state index in [4.69, 9.17) is 9.73 Å². The Hall–Kier alpha value is -3.00. The van der Waals surface area contributed by atoms with Crippen molar-refractivity contribution in [2.24, 2.45) is 21.7 Å². The van der Waals surface area contributed by atoms with Gasteiger partial charge in [0.15, 0.2) is 0 Å². The minimum atomic E-state index is -3.77. The van der Waals surface area contributed by atoms with E-state index in [2.05, 4.69) is 13.8 Å². The van der Waals surface area contributed by atoms with E-state index in [0.29, 0.717) is 37.3 Å². The average Bonchev–Trinajstić information content (AvgIpc) is 3.44. The molecule has 5 rings (SSSR count). The van der Waals surface area contributed by atoms with Crippen LogP contribution in [0.3, 0.4) is 0 Å². The normalized spacial score (nSPS) is 25.3. The molecule has 3 aliphatic rings. The summed E-state index contributed by atoms with van der Waals surface area (Å²) < 4.78 is 34.3. The van der Waals surface area contributed by atoms with Crippen molar-refractivity contribution in [2.75, 3.05) is 5.75 Å². The van der Waals surface area contributed by atoms with E-state index >= 15 is 0 Å². The van der Waals surface area contributed by atoms with Crippen LogP contribution in [0.5, 0.6) is 0 Å². The highest BCUT2D eigenvalue weighted by Crippen LogP contribution is 2.70. The number of esters is 1. The Morgan fingerprint density at radius 1 is 0.955 bits per heavy atom. The number of amides is 1. The summed E-state index contributed by atoms with van der Waals surface area (Å²) in [5.41, 5.74) is 1.45. The van der Waals surface area contributed by atoms with Crippen molar-refractivity contribution in [3.8, 4) is 0 Å². The van der Waals surface area contributed by atoms with Gasteiger partial charge in [0.1, 0.15) is 11.6 Å². The first kappa shape index (κ1) is 32.4. The number of hydrogen-bond acceptors (Lipinski definition) is 6. The number of fused-ring (bicyclic) bond motifs is 1. The van der Waals surface area contributed by atoms with Gasteiger partial charge in [-0.1, -0.05) is 93.8 Å². The van der Waals surface area contributed by atoms with Crippen LogP contribution in [0.4, 0.5) is 0 Å². The summed E-state index contributed by atoms with van der Waals surface area (Å²) in [5, 5.41) is 0. The quantitative estimate of drug-likeness (QED) is 0.154. The number of carbonyl (C=O) groups is 2. The lowest BCUT2D eigenvalue weighted by Crippen LogP contribution is -2.47. The second kappa shape index (κ2) is 12.4. The van der Waals surface area contributed by atoms with Crippen LogP contribution in [0.2, 0.25) is 0 Å². The molecule has 2 aromatic carbocycles. The molecule has 1 aliphatic heterocycles. The first-order valence-electron chi connectivity index (χ1n) is 16.2. The summed E-state index contributed by atoms with van der Waals surface area (Å²) in [5.74, 6) is -0.124. The van der Waals surface area contributed by atoms with Gasteiger partial charge in [0.05, 0.1) is 17.5 Å². The Kier molecular flexibility index (Phi) is 9.14. The number of sulfonamides is 1. The number of nitrogens with zero attached hydrogens (tertiary/aromatic N) is 2. The van der Waals surface area contributed by atoms with Gasteiger partial charge in [0, 0.05) is 23.0 Å². The number of benzene rings is 2. The highest BCUT2D eigenvalue weighted by Gasteiger charge is 2.72. The van der Waals surface area contributed by atoms with E-state index in [1.165, 1.54) is 4.31 Å². The predicted molar refractivity (Wildman–Crippen MR) is 174 cm³/mol. The van der Waals surface area contributed by atoms with Crippen LogP contribution in [0.25, 0.3) is 0 Å². The molecule has 2 saturated carbocycles. The molecule has 7 nitrogen and oxygen atoms in total.